The average molecular weight is 495 g/mol. The summed E-state index contributed by atoms with van der Waals surface area (Å²) in [7, 11) is 0. The van der Waals surface area contributed by atoms with E-state index in [4.69, 9.17) is 6.57 Å². The van der Waals surface area contributed by atoms with Gasteiger partial charge in [0.05, 0.1) is 18.5 Å². The number of rotatable bonds is 3. The van der Waals surface area contributed by atoms with Crippen LogP contribution in [0.2, 0.25) is 0 Å². The van der Waals surface area contributed by atoms with E-state index in [0.717, 1.165) is 22.7 Å². The second kappa shape index (κ2) is 8.92. The number of hydrogen-bond donors (Lipinski definition) is 0. The van der Waals surface area contributed by atoms with Gasteiger partial charge in [-0.15, -0.1) is 0 Å². The van der Waals surface area contributed by atoms with Crippen molar-refractivity contribution >= 4 is 23.1 Å². The maximum atomic E-state index is 13.8. The molecule has 1 saturated heterocycles. The number of amides is 1. The molecule has 182 valence electrons. The van der Waals surface area contributed by atoms with Crippen molar-refractivity contribution in [1.82, 2.24) is 24.5 Å². The Hall–Kier alpha value is -4.53. The van der Waals surface area contributed by atoms with Crippen LogP contribution < -0.4 is 4.90 Å². The van der Waals surface area contributed by atoms with Gasteiger partial charge in [0.1, 0.15) is 22.9 Å². The molecule has 3 aromatic heterocycles. The molecule has 4 aromatic rings. The van der Waals surface area contributed by atoms with Gasteiger partial charge in [0.25, 0.3) is 5.91 Å². The van der Waals surface area contributed by atoms with E-state index >= 15 is 0 Å². The molecule has 1 amide bonds. The highest BCUT2D eigenvalue weighted by atomic mass is 19.4. The molecule has 0 radical (unpaired) electrons. The van der Waals surface area contributed by atoms with Crippen molar-refractivity contribution in [2.75, 3.05) is 31.1 Å². The van der Waals surface area contributed by atoms with Gasteiger partial charge >= 0.3 is 6.18 Å². The SMILES string of the molecule is [C-]#[N+]c1cccnc1N1CCN(C(=O)c2cn3nc(-c4ccc(F)cc4)cc(C(F)(F)F)c3n2)CC1. The van der Waals surface area contributed by atoms with Crippen LogP contribution in [0.1, 0.15) is 16.1 Å². The Balaban J connectivity index is 1.43. The summed E-state index contributed by atoms with van der Waals surface area (Å²) in [6.45, 7) is 8.66. The Bertz CT molecular complexity index is 1480. The van der Waals surface area contributed by atoms with Gasteiger partial charge in [-0.2, -0.15) is 18.3 Å². The van der Waals surface area contributed by atoms with E-state index in [2.05, 4.69) is 19.9 Å². The monoisotopic (exact) mass is 495 g/mol. The molecule has 5 rings (SSSR count). The lowest BCUT2D eigenvalue weighted by Crippen LogP contribution is -2.49. The zero-order valence-electron chi connectivity index (χ0n) is 18.6. The molecule has 0 aliphatic carbocycles. The van der Waals surface area contributed by atoms with Gasteiger partial charge in [-0.05, 0) is 30.3 Å². The van der Waals surface area contributed by atoms with Crippen molar-refractivity contribution in [3.8, 4) is 11.3 Å². The number of carbonyl (C=O) groups excluding carboxylic acids is 1. The third kappa shape index (κ3) is 4.31. The third-order valence-corrected chi connectivity index (χ3v) is 5.84. The smallest absolute Gasteiger partial charge is 0.362 e. The molecule has 0 saturated carbocycles. The maximum Gasteiger partial charge on any atom is 0.420 e. The number of alkyl halides is 3. The van der Waals surface area contributed by atoms with Crippen molar-refractivity contribution in [2.24, 2.45) is 0 Å². The number of pyridine rings is 1. The molecule has 36 heavy (non-hydrogen) atoms. The second-order valence-electron chi connectivity index (χ2n) is 8.08. The van der Waals surface area contributed by atoms with Crippen molar-refractivity contribution in [1.29, 1.82) is 0 Å². The minimum Gasteiger partial charge on any atom is -0.362 e. The maximum absolute atomic E-state index is 13.8. The lowest BCUT2D eigenvalue weighted by molar-refractivity contribution is -0.136. The molecule has 0 unspecified atom stereocenters. The van der Waals surface area contributed by atoms with Gasteiger partial charge in [-0.3, -0.25) is 9.78 Å². The number of aromatic nitrogens is 4. The summed E-state index contributed by atoms with van der Waals surface area (Å²) in [6.07, 6.45) is -1.99. The van der Waals surface area contributed by atoms with Gasteiger partial charge < -0.3 is 9.80 Å². The van der Waals surface area contributed by atoms with E-state index in [1.807, 2.05) is 4.90 Å². The van der Waals surface area contributed by atoms with Crippen molar-refractivity contribution < 1.29 is 22.4 Å². The van der Waals surface area contributed by atoms with Crippen LogP contribution in [0.15, 0.2) is 54.9 Å². The van der Waals surface area contributed by atoms with E-state index in [1.54, 1.807) is 18.3 Å². The zero-order valence-corrected chi connectivity index (χ0v) is 18.6. The summed E-state index contributed by atoms with van der Waals surface area (Å²) >= 11 is 0. The van der Waals surface area contributed by atoms with Gasteiger partial charge in [0.15, 0.2) is 5.65 Å². The Kier molecular flexibility index (Phi) is 5.75. The largest absolute Gasteiger partial charge is 0.420 e. The van der Waals surface area contributed by atoms with Crippen LogP contribution in [0.3, 0.4) is 0 Å². The molecule has 1 aliphatic rings. The van der Waals surface area contributed by atoms with E-state index in [1.165, 1.54) is 23.2 Å². The number of hydrogen-bond acceptors (Lipinski definition) is 5. The first-order valence-corrected chi connectivity index (χ1v) is 10.8. The van der Waals surface area contributed by atoms with Crippen LogP contribution in [-0.2, 0) is 6.18 Å². The number of benzene rings is 1. The predicted molar refractivity (Wildman–Crippen MR) is 122 cm³/mol. The molecular weight excluding hydrogens is 478 g/mol. The van der Waals surface area contributed by atoms with Crippen molar-refractivity contribution in [2.45, 2.75) is 6.18 Å². The summed E-state index contributed by atoms with van der Waals surface area (Å²) in [4.78, 5) is 28.2. The Labute approximate surface area is 202 Å². The molecule has 1 aliphatic heterocycles. The lowest BCUT2D eigenvalue weighted by Gasteiger charge is -2.35. The van der Waals surface area contributed by atoms with Gasteiger partial charge in [0.2, 0.25) is 5.69 Å². The molecule has 1 fully saturated rings. The number of imidazole rings is 1. The summed E-state index contributed by atoms with van der Waals surface area (Å²) < 4.78 is 55.7. The van der Waals surface area contributed by atoms with Crippen LogP contribution in [0.25, 0.3) is 21.7 Å². The molecule has 12 heteroatoms. The van der Waals surface area contributed by atoms with Crippen molar-refractivity contribution in [3.63, 3.8) is 0 Å². The molecule has 0 atom stereocenters. The first-order valence-electron chi connectivity index (χ1n) is 10.8. The highest BCUT2D eigenvalue weighted by Gasteiger charge is 2.36. The minimum absolute atomic E-state index is 0.0363. The van der Waals surface area contributed by atoms with Crippen LogP contribution in [0.5, 0.6) is 0 Å². The number of halogens is 4. The average Bonchev–Trinajstić information content (AvgIpc) is 3.32. The molecule has 1 aromatic carbocycles. The molecule has 0 N–H and O–H groups in total. The fraction of sp³-hybridized carbons (Fsp3) is 0.208. The van der Waals surface area contributed by atoms with Crippen LogP contribution in [-0.4, -0.2) is 56.6 Å². The summed E-state index contributed by atoms with van der Waals surface area (Å²) in [5, 5.41) is 4.18. The molecule has 0 spiro atoms. The number of carbonyl (C=O) groups is 1. The Morgan fingerprint density at radius 1 is 1.06 bits per heavy atom. The van der Waals surface area contributed by atoms with Gasteiger partial charge in [-0.1, -0.05) is 12.1 Å². The highest BCUT2D eigenvalue weighted by molar-refractivity contribution is 5.93. The Morgan fingerprint density at radius 3 is 2.44 bits per heavy atom. The highest BCUT2D eigenvalue weighted by Crippen LogP contribution is 2.34. The van der Waals surface area contributed by atoms with Crippen molar-refractivity contribution in [3.05, 3.63) is 83.4 Å². The zero-order chi connectivity index (χ0) is 25.4. The van der Waals surface area contributed by atoms with Gasteiger partial charge in [0, 0.05) is 37.9 Å². The van der Waals surface area contributed by atoms with E-state index in [0.29, 0.717) is 24.6 Å². The molecular formula is C24H17F4N7O. The standard InChI is InChI=1S/C24H17F4N7O/c1-29-18-3-2-8-30-22(18)33-9-11-34(12-10-33)23(36)20-14-35-21(31-20)17(24(26,27)28)13-19(32-35)15-4-6-16(25)7-5-15/h2-8,13-14H,9-12H2. The minimum atomic E-state index is -4.75. The predicted octanol–water partition coefficient (Wildman–Crippen LogP) is 4.46. The topological polar surface area (TPSA) is 71.0 Å². The number of nitrogens with zero attached hydrogens (tertiary/aromatic N) is 7. The summed E-state index contributed by atoms with van der Waals surface area (Å²) in [5.74, 6) is -0.525. The van der Waals surface area contributed by atoms with E-state index < -0.39 is 29.1 Å². The number of fused-ring (bicyclic) bond motifs is 1. The number of anilines is 1. The van der Waals surface area contributed by atoms with Crippen LogP contribution >= 0.6 is 0 Å². The number of piperazine rings is 1. The quantitative estimate of drug-likeness (QED) is 0.310. The summed E-state index contributed by atoms with van der Waals surface area (Å²) in [6, 6.07) is 9.08. The third-order valence-electron chi connectivity index (χ3n) is 5.84. The molecule has 8 nitrogen and oxygen atoms in total. The summed E-state index contributed by atoms with van der Waals surface area (Å²) in [5.41, 5.74) is -1.06. The van der Waals surface area contributed by atoms with Crippen LogP contribution in [0.4, 0.5) is 29.1 Å². The first-order chi connectivity index (χ1) is 17.2. The normalized spacial score (nSPS) is 14.2. The fourth-order valence-corrected chi connectivity index (χ4v) is 4.05. The van der Waals surface area contributed by atoms with Gasteiger partial charge in [-0.25, -0.2) is 18.7 Å². The molecule has 0 bridgehead atoms. The first kappa shape index (κ1) is 23.2. The van der Waals surface area contributed by atoms with Crippen LogP contribution in [0, 0.1) is 12.4 Å². The van der Waals surface area contributed by atoms with E-state index in [9.17, 15) is 22.4 Å². The Morgan fingerprint density at radius 2 is 1.78 bits per heavy atom. The fourth-order valence-electron chi connectivity index (χ4n) is 4.05. The second-order valence-corrected chi connectivity index (χ2v) is 8.08. The molecule has 4 heterocycles. The van der Waals surface area contributed by atoms with E-state index in [-0.39, 0.29) is 30.0 Å². The lowest BCUT2D eigenvalue weighted by atomic mass is 10.1.